The Morgan fingerprint density at radius 1 is 0.950 bits per heavy atom. The number of benzene rings is 3. The third-order valence-electron chi connectivity index (χ3n) is 6.11. The van der Waals surface area contributed by atoms with Crippen LogP contribution >= 0.6 is 39.1 Å². The van der Waals surface area contributed by atoms with Gasteiger partial charge in [-0.05, 0) is 60.4 Å². The number of amides is 2. The first-order chi connectivity index (χ1) is 18.9. The third kappa shape index (κ3) is 8.22. The molecule has 3 rings (SSSR count). The molecule has 214 valence electrons. The average molecular weight is 669 g/mol. The summed E-state index contributed by atoms with van der Waals surface area (Å²) >= 11 is 15.7. The average Bonchev–Trinajstić information content (AvgIpc) is 2.92. The highest BCUT2D eigenvalue weighted by atomic mass is 79.9. The lowest BCUT2D eigenvalue weighted by molar-refractivity contribution is -0.140. The molecule has 1 atom stereocenters. The fraction of sp³-hybridized carbons (Fsp3) is 0.310. The second kappa shape index (κ2) is 14.3. The van der Waals surface area contributed by atoms with E-state index in [4.69, 9.17) is 23.2 Å². The van der Waals surface area contributed by atoms with E-state index >= 15 is 0 Å². The molecular weight excluding hydrogens is 637 g/mol. The molecule has 11 heteroatoms. The molecule has 1 unspecified atom stereocenters. The van der Waals surface area contributed by atoms with Crippen molar-refractivity contribution in [1.82, 2.24) is 10.2 Å². The Kier molecular flexibility index (Phi) is 11.5. The number of carbonyl (C=O) groups is 2. The van der Waals surface area contributed by atoms with Crippen LogP contribution in [0.5, 0.6) is 0 Å². The van der Waals surface area contributed by atoms with Crippen LogP contribution in [0.4, 0.5) is 5.69 Å². The zero-order valence-corrected chi connectivity index (χ0v) is 26.4. The molecule has 3 aromatic carbocycles. The molecule has 0 spiro atoms. The van der Waals surface area contributed by atoms with Gasteiger partial charge in [0.2, 0.25) is 11.8 Å². The van der Waals surface area contributed by atoms with Crippen molar-refractivity contribution in [2.45, 2.75) is 44.7 Å². The number of hydrogen-bond acceptors (Lipinski definition) is 4. The van der Waals surface area contributed by atoms with Crippen LogP contribution in [-0.4, -0.2) is 44.3 Å². The van der Waals surface area contributed by atoms with Gasteiger partial charge in [0.25, 0.3) is 10.0 Å². The van der Waals surface area contributed by atoms with E-state index in [1.165, 1.54) is 17.0 Å². The summed E-state index contributed by atoms with van der Waals surface area (Å²) in [5, 5.41) is 3.58. The first-order valence-corrected chi connectivity index (χ1v) is 15.8. The number of hydrogen-bond donors (Lipinski definition) is 1. The van der Waals surface area contributed by atoms with E-state index < -0.39 is 28.5 Å². The monoisotopic (exact) mass is 667 g/mol. The Morgan fingerprint density at radius 2 is 1.65 bits per heavy atom. The summed E-state index contributed by atoms with van der Waals surface area (Å²) in [7, 11) is -4.13. The first kappa shape index (κ1) is 31.9. The molecule has 0 saturated heterocycles. The topological polar surface area (TPSA) is 86.8 Å². The van der Waals surface area contributed by atoms with E-state index in [1.807, 2.05) is 20.8 Å². The van der Waals surface area contributed by atoms with Crippen LogP contribution in [0.25, 0.3) is 0 Å². The zero-order chi connectivity index (χ0) is 29.4. The van der Waals surface area contributed by atoms with Crippen LogP contribution in [0, 0.1) is 5.92 Å². The molecule has 0 radical (unpaired) electrons. The Hall–Kier alpha value is -2.59. The minimum absolute atomic E-state index is 0.0288. The molecule has 2 amide bonds. The fourth-order valence-electron chi connectivity index (χ4n) is 4.06. The number of nitrogens with zero attached hydrogens (tertiary/aromatic N) is 2. The molecule has 0 aliphatic rings. The van der Waals surface area contributed by atoms with Crippen molar-refractivity contribution in [3.05, 3.63) is 92.9 Å². The van der Waals surface area contributed by atoms with Crippen molar-refractivity contribution >= 4 is 66.7 Å². The first-order valence-electron chi connectivity index (χ1n) is 12.8. The Labute approximate surface area is 254 Å². The molecule has 0 bridgehead atoms. The van der Waals surface area contributed by atoms with Crippen LogP contribution in [0.3, 0.4) is 0 Å². The number of halogens is 3. The van der Waals surface area contributed by atoms with E-state index in [2.05, 4.69) is 21.2 Å². The van der Waals surface area contributed by atoms with Gasteiger partial charge < -0.3 is 10.2 Å². The van der Waals surface area contributed by atoms with Gasteiger partial charge in [-0.1, -0.05) is 90.2 Å². The second-order valence-corrected chi connectivity index (χ2v) is 13.2. The normalized spacial score (nSPS) is 12.2. The highest BCUT2D eigenvalue weighted by molar-refractivity contribution is 9.10. The van der Waals surface area contributed by atoms with Crippen molar-refractivity contribution in [1.29, 1.82) is 0 Å². The van der Waals surface area contributed by atoms with Gasteiger partial charge in [-0.2, -0.15) is 0 Å². The molecule has 0 aliphatic carbocycles. The molecule has 1 N–H and O–H groups in total. The molecular formula is C29H32BrCl2N3O4S. The molecule has 7 nitrogen and oxygen atoms in total. The van der Waals surface area contributed by atoms with Crippen LogP contribution in [0.1, 0.15) is 32.8 Å². The van der Waals surface area contributed by atoms with Gasteiger partial charge in [0, 0.05) is 17.6 Å². The van der Waals surface area contributed by atoms with Gasteiger partial charge in [0.1, 0.15) is 12.6 Å². The summed E-state index contributed by atoms with van der Waals surface area (Å²) < 4.78 is 29.4. The van der Waals surface area contributed by atoms with Gasteiger partial charge in [-0.3, -0.25) is 13.9 Å². The van der Waals surface area contributed by atoms with Gasteiger partial charge in [-0.25, -0.2) is 8.42 Å². The minimum atomic E-state index is -4.13. The summed E-state index contributed by atoms with van der Waals surface area (Å²) in [5.74, 6) is -0.648. The highest BCUT2D eigenvalue weighted by Crippen LogP contribution is 2.28. The lowest BCUT2D eigenvalue weighted by Gasteiger charge is -2.33. The van der Waals surface area contributed by atoms with E-state index in [-0.39, 0.29) is 23.3 Å². The SMILES string of the molecule is CCC(C(=O)NCC(C)C)N(Cc1ccc(Cl)c(Cl)c1)C(=O)CN(c1cccc(Br)c1)S(=O)(=O)c1ccccc1. The maximum Gasteiger partial charge on any atom is 0.264 e. The third-order valence-corrected chi connectivity index (χ3v) is 9.13. The highest BCUT2D eigenvalue weighted by Gasteiger charge is 2.33. The zero-order valence-electron chi connectivity index (χ0n) is 22.5. The summed E-state index contributed by atoms with van der Waals surface area (Å²) in [6, 6.07) is 18.8. The van der Waals surface area contributed by atoms with E-state index in [1.54, 1.807) is 60.7 Å². The van der Waals surface area contributed by atoms with Gasteiger partial charge in [-0.15, -0.1) is 0 Å². The maximum atomic E-state index is 14.1. The quantitative estimate of drug-likeness (QED) is 0.238. The van der Waals surface area contributed by atoms with Crippen molar-refractivity contribution < 1.29 is 18.0 Å². The lowest BCUT2D eigenvalue weighted by atomic mass is 10.1. The van der Waals surface area contributed by atoms with Crippen LogP contribution in [-0.2, 0) is 26.2 Å². The smallest absolute Gasteiger partial charge is 0.264 e. The summed E-state index contributed by atoms with van der Waals surface area (Å²) in [6.07, 6.45) is 0.319. The predicted octanol–water partition coefficient (Wildman–Crippen LogP) is 6.53. The number of rotatable bonds is 12. The van der Waals surface area contributed by atoms with Crippen LogP contribution in [0.15, 0.2) is 82.2 Å². The van der Waals surface area contributed by atoms with Gasteiger partial charge in [0.15, 0.2) is 0 Å². The summed E-state index contributed by atoms with van der Waals surface area (Å²) in [6.45, 7) is 5.70. The van der Waals surface area contributed by atoms with E-state index in [0.717, 1.165) is 4.31 Å². The number of anilines is 1. The van der Waals surface area contributed by atoms with E-state index in [9.17, 15) is 18.0 Å². The van der Waals surface area contributed by atoms with Crippen molar-refractivity contribution in [3.63, 3.8) is 0 Å². The Morgan fingerprint density at radius 3 is 2.25 bits per heavy atom. The van der Waals surface area contributed by atoms with Crippen molar-refractivity contribution in [2.75, 3.05) is 17.4 Å². The van der Waals surface area contributed by atoms with Crippen molar-refractivity contribution in [2.24, 2.45) is 5.92 Å². The largest absolute Gasteiger partial charge is 0.354 e. The van der Waals surface area contributed by atoms with Crippen molar-refractivity contribution in [3.8, 4) is 0 Å². The molecule has 0 fully saturated rings. The lowest BCUT2D eigenvalue weighted by Crippen LogP contribution is -2.52. The molecule has 40 heavy (non-hydrogen) atoms. The van der Waals surface area contributed by atoms with Crippen LogP contribution < -0.4 is 9.62 Å². The standard InChI is InChI=1S/C29H32BrCl2N3O4S/c1-4-27(29(37)33-17-20(2)3)34(18-21-13-14-25(31)26(32)15-21)28(36)19-35(23-10-8-9-22(30)16-23)40(38,39)24-11-6-5-7-12-24/h5-16,20,27H,4,17-19H2,1-3H3,(H,33,37). The number of nitrogens with one attached hydrogen (secondary N) is 1. The molecule has 0 saturated carbocycles. The minimum Gasteiger partial charge on any atom is -0.354 e. The molecule has 3 aromatic rings. The molecule has 0 aromatic heterocycles. The molecule has 0 aliphatic heterocycles. The van der Waals surface area contributed by atoms with Gasteiger partial charge in [0.05, 0.1) is 20.6 Å². The summed E-state index contributed by atoms with van der Waals surface area (Å²) in [5.41, 5.74) is 0.955. The van der Waals surface area contributed by atoms with E-state index in [0.29, 0.717) is 38.7 Å². The maximum absolute atomic E-state index is 14.1. The number of carbonyl (C=O) groups excluding carboxylic acids is 2. The van der Waals surface area contributed by atoms with Crippen LogP contribution in [0.2, 0.25) is 10.0 Å². The predicted molar refractivity (Wildman–Crippen MR) is 164 cm³/mol. The Bertz CT molecular complexity index is 1440. The second-order valence-electron chi connectivity index (χ2n) is 9.64. The Balaban J connectivity index is 2.05. The fourth-order valence-corrected chi connectivity index (χ4v) is 6.19. The van der Waals surface area contributed by atoms with Gasteiger partial charge >= 0.3 is 0 Å². The number of sulfonamides is 1. The molecule has 0 heterocycles. The summed E-state index contributed by atoms with van der Waals surface area (Å²) in [4.78, 5) is 28.8.